The maximum absolute atomic E-state index is 14.9. The molecule has 4 fully saturated rings. The van der Waals surface area contributed by atoms with Crippen LogP contribution in [-0.2, 0) is 21.5 Å². The van der Waals surface area contributed by atoms with Crippen LogP contribution in [0.2, 0.25) is 0 Å². The summed E-state index contributed by atoms with van der Waals surface area (Å²) in [7, 11) is 1.01. The second-order valence-electron chi connectivity index (χ2n) is 14.5. The highest BCUT2D eigenvalue weighted by atomic mass is 32.2. The van der Waals surface area contributed by atoms with Crippen LogP contribution in [0.3, 0.4) is 0 Å². The molecule has 45 heavy (non-hydrogen) atoms. The number of nitrogens with zero attached hydrogens (tertiary/aromatic N) is 4. The van der Waals surface area contributed by atoms with Gasteiger partial charge in [-0.15, -0.1) is 0 Å². The van der Waals surface area contributed by atoms with Gasteiger partial charge in [0.2, 0.25) is 5.91 Å². The van der Waals surface area contributed by atoms with Crippen molar-refractivity contribution in [3.63, 3.8) is 0 Å². The summed E-state index contributed by atoms with van der Waals surface area (Å²) in [4.78, 5) is 32.8. The predicted molar refractivity (Wildman–Crippen MR) is 174 cm³/mol. The highest BCUT2D eigenvalue weighted by Crippen LogP contribution is 2.66. The van der Waals surface area contributed by atoms with Gasteiger partial charge in [-0.3, -0.25) is 9.59 Å². The van der Waals surface area contributed by atoms with Gasteiger partial charge in [0.1, 0.15) is 0 Å². The van der Waals surface area contributed by atoms with Gasteiger partial charge in [0.15, 0.2) is 0 Å². The summed E-state index contributed by atoms with van der Waals surface area (Å²) in [5.74, 6) is 0.196. The second kappa shape index (κ2) is 10.4. The lowest BCUT2D eigenvalue weighted by Gasteiger charge is -2.41. The Balaban J connectivity index is 1.30. The smallest absolute Gasteiger partial charge is 0.303 e. The molecule has 5 aliphatic rings. The molecule has 3 aliphatic heterocycles. The average molecular weight is 630 g/mol. The molecular formula is C35H43N5O4S. The van der Waals surface area contributed by atoms with Gasteiger partial charge < -0.3 is 14.4 Å². The predicted octanol–water partition coefficient (Wildman–Crippen LogP) is 4.68. The fourth-order valence-electron chi connectivity index (χ4n) is 9.24. The second-order valence-corrected chi connectivity index (χ2v) is 16.3. The van der Waals surface area contributed by atoms with Gasteiger partial charge >= 0.3 is 10.2 Å². The maximum atomic E-state index is 14.9. The first kappa shape index (κ1) is 29.2. The van der Waals surface area contributed by atoms with Gasteiger partial charge in [-0.05, 0) is 68.3 Å². The van der Waals surface area contributed by atoms with E-state index in [1.807, 2.05) is 12.1 Å². The number of carbonyl (C=O) groups excluding carboxylic acids is 2. The van der Waals surface area contributed by atoms with Gasteiger partial charge in [0.25, 0.3) is 5.91 Å². The molecule has 238 valence electrons. The maximum Gasteiger partial charge on any atom is 0.303 e. The highest BCUT2D eigenvalue weighted by Gasteiger charge is 2.65. The Hall–Kier alpha value is -3.21. The topological polar surface area (TPSA) is 95.0 Å². The third-order valence-electron chi connectivity index (χ3n) is 11.5. The van der Waals surface area contributed by atoms with Crippen molar-refractivity contribution < 1.29 is 18.0 Å². The lowest BCUT2D eigenvalue weighted by atomic mass is 9.81. The summed E-state index contributed by atoms with van der Waals surface area (Å²) in [6.45, 7) is 2.42. The molecule has 1 aromatic heterocycles. The van der Waals surface area contributed by atoms with E-state index in [9.17, 15) is 18.0 Å². The van der Waals surface area contributed by atoms with Crippen LogP contribution >= 0.6 is 0 Å². The normalized spacial score (nSPS) is 28.0. The van der Waals surface area contributed by atoms with E-state index in [2.05, 4.69) is 50.4 Å². The van der Waals surface area contributed by atoms with E-state index in [-0.39, 0.29) is 18.0 Å². The monoisotopic (exact) mass is 629 g/mol. The molecule has 1 N–H and O–H groups in total. The number of nitrogens with one attached hydrogen (secondary N) is 1. The Labute approximate surface area is 265 Å². The van der Waals surface area contributed by atoms with Crippen LogP contribution in [0.25, 0.3) is 22.2 Å². The molecule has 2 aromatic carbocycles. The van der Waals surface area contributed by atoms with Gasteiger partial charge in [0, 0.05) is 73.8 Å². The SMILES string of the molecule is CN1CC2CCC(C1)N2C(=O)[C@@]12C[C@H]1c1ccccc1-c1c(C3CCCCC3)c3ccc(C(=O)NS(=O)(=O)N(C)C)cc3n1C2. The van der Waals surface area contributed by atoms with Crippen molar-refractivity contribution in [1.82, 2.24) is 23.4 Å². The third-order valence-corrected chi connectivity index (χ3v) is 12.9. The third kappa shape index (κ3) is 4.50. The Morgan fingerprint density at radius 2 is 1.67 bits per heavy atom. The molecule has 2 saturated carbocycles. The number of amides is 2. The lowest BCUT2D eigenvalue weighted by molar-refractivity contribution is -0.143. The number of benzene rings is 2. The first-order valence-corrected chi connectivity index (χ1v) is 18.0. The highest BCUT2D eigenvalue weighted by molar-refractivity contribution is 7.87. The zero-order chi connectivity index (χ0) is 31.2. The summed E-state index contributed by atoms with van der Waals surface area (Å²) in [6.07, 6.45) is 8.83. The quantitative estimate of drug-likeness (QED) is 0.442. The molecular weight excluding hydrogens is 586 g/mol. The van der Waals surface area contributed by atoms with Crippen LogP contribution in [0.15, 0.2) is 42.5 Å². The van der Waals surface area contributed by atoms with Crippen molar-refractivity contribution in [2.24, 2.45) is 5.41 Å². The standard InChI is InChI=1S/C35H43N5O4S/c1-37(2)45(43,44)36-33(41)23-13-16-28-30(17-23)39-21-35(34(42)40-24-14-15-25(40)20-38(3)19-24)18-29(35)26-11-7-8-12-27(26)32(39)31(28)22-9-5-4-6-10-22/h7-8,11-13,16-17,22,24-25,29H,4-6,9-10,14-15,18-21H2,1-3H3,(H,36,41)/t24?,25?,29-,35+/m0/s1. The van der Waals surface area contributed by atoms with E-state index in [0.29, 0.717) is 23.9 Å². The molecule has 2 unspecified atom stereocenters. The fraction of sp³-hybridized carbons (Fsp3) is 0.543. The molecule has 2 amide bonds. The molecule has 9 nitrogen and oxygen atoms in total. The summed E-state index contributed by atoms with van der Waals surface area (Å²) < 4.78 is 30.6. The van der Waals surface area contributed by atoms with Crippen LogP contribution in [0.1, 0.15) is 84.7 Å². The Kier molecular flexibility index (Phi) is 6.75. The van der Waals surface area contributed by atoms with Crippen molar-refractivity contribution >= 4 is 32.9 Å². The van der Waals surface area contributed by atoms with Crippen molar-refractivity contribution in [3.8, 4) is 11.3 Å². The van der Waals surface area contributed by atoms with Crippen molar-refractivity contribution in [3.05, 3.63) is 59.2 Å². The largest absolute Gasteiger partial charge is 0.339 e. The molecule has 4 heterocycles. The molecule has 3 aromatic rings. The van der Waals surface area contributed by atoms with Gasteiger partial charge in [-0.1, -0.05) is 49.6 Å². The zero-order valence-corrected chi connectivity index (χ0v) is 27.3. The Bertz CT molecular complexity index is 1810. The number of fused-ring (bicyclic) bond motifs is 9. The van der Waals surface area contributed by atoms with Crippen molar-refractivity contribution in [1.29, 1.82) is 0 Å². The molecule has 0 radical (unpaired) electrons. The number of likely N-dealkylation sites (N-methyl/N-ethyl adjacent to an activating group) is 1. The Morgan fingerprint density at radius 1 is 0.956 bits per heavy atom. The number of piperazine rings is 1. The van der Waals surface area contributed by atoms with E-state index in [4.69, 9.17) is 0 Å². The molecule has 2 aliphatic carbocycles. The molecule has 10 heteroatoms. The average Bonchev–Trinajstić information content (AvgIpc) is 3.61. The Morgan fingerprint density at radius 3 is 2.38 bits per heavy atom. The van der Waals surface area contributed by atoms with Crippen LogP contribution in [-0.4, -0.2) is 85.2 Å². The van der Waals surface area contributed by atoms with Crippen LogP contribution in [0, 0.1) is 5.41 Å². The first-order chi connectivity index (χ1) is 21.6. The van der Waals surface area contributed by atoms with E-state index >= 15 is 0 Å². The summed E-state index contributed by atoms with van der Waals surface area (Å²) >= 11 is 0. The molecule has 4 atom stereocenters. The number of hydrogen-bond donors (Lipinski definition) is 1. The number of carbonyl (C=O) groups is 2. The van der Waals surface area contributed by atoms with Crippen LogP contribution in [0.5, 0.6) is 0 Å². The minimum absolute atomic E-state index is 0.158. The van der Waals surface area contributed by atoms with E-state index in [1.54, 1.807) is 6.07 Å². The summed E-state index contributed by atoms with van der Waals surface area (Å²) in [5.41, 5.74) is 5.66. The molecule has 2 saturated heterocycles. The number of likely N-dealkylation sites (tertiary alicyclic amines) is 1. The van der Waals surface area contributed by atoms with Crippen molar-refractivity contribution in [2.75, 3.05) is 34.2 Å². The number of hydrogen-bond acceptors (Lipinski definition) is 5. The lowest BCUT2D eigenvalue weighted by Crippen LogP contribution is -2.57. The fourth-order valence-corrected chi connectivity index (χ4v) is 9.77. The van der Waals surface area contributed by atoms with Crippen LogP contribution in [0.4, 0.5) is 0 Å². The van der Waals surface area contributed by atoms with Crippen molar-refractivity contribution in [2.45, 2.75) is 81.8 Å². The van der Waals surface area contributed by atoms with Gasteiger partial charge in [-0.25, -0.2) is 4.72 Å². The van der Waals surface area contributed by atoms with E-state index < -0.39 is 21.5 Å². The van der Waals surface area contributed by atoms with Gasteiger partial charge in [0.05, 0.1) is 11.1 Å². The minimum Gasteiger partial charge on any atom is -0.339 e. The molecule has 8 rings (SSSR count). The number of aromatic nitrogens is 1. The minimum atomic E-state index is -3.94. The van der Waals surface area contributed by atoms with Gasteiger partial charge in [-0.2, -0.15) is 12.7 Å². The summed E-state index contributed by atoms with van der Waals surface area (Å²) in [6, 6.07) is 14.8. The molecule has 0 spiro atoms. The number of rotatable bonds is 5. The van der Waals surface area contributed by atoms with Crippen LogP contribution < -0.4 is 4.72 Å². The zero-order valence-electron chi connectivity index (χ0n) is 26.5. The van der Waals surface area contributed by atoms with E-state index in [1.165, 1.54) is 55.7 Å². The van der Waals surface area contributed by atoms with E-state index in [0.717, 1.165) is 60.4 Å². The summed E-state index contributed by atoms with van der Waals surface area (Å²) in [5, 5.41) is 1.11. The molecule has 2 bridgehead atoms. The first-order valence-electron chi connectivity index (χ1n) is 16.6.